The number of rotatable bonds is 13. The minimum absolute atomic E-state index is 0.220. The molecule has 0 unspecified atom stereocenters. The smallest absolute Gasteiger partial charge is 0.0786 e. The Morgan fingerprint density at radius 2 is 1.08 bits per heavy atom. The number of benzene rings is 1. The predicted octanol–water partition coefficient (Wildman–Crippen LogP) is 5.05. The van der Waals surface area contributed by atoms with Crippen molar-refractivity contribution < 1.29 is 14.4 Å². The molecule has 0 saturated heterocycles. The molecule has 0 aliphatic heterocycles. The molecule has 0 spiro atoms. The first-order valence-corrected chi connectivity index (χ1v) is 10.7. The maximum atomic E-state index is 10.1. The second kappa shape index (κ2) is 15.9. The summed E-state index contributed by atoms with van der Waals surface area (Å²) in [5.41, 5.74) is 0.220. The van der Waals surface area contributed by atoms with Crippen molar-refractivity contribution in [2.24, 2.45) is 0 Å². The first-order valence-electron chi connectivity index (χ1n) is 10.7. The van der Waals surface area contributed by atoms with Gasteiger partial charge in [0, 0.05) is 0 Å². The molecule has 0 aliphatic carbocycles. The number of carbonyl (C=O) groups excluding carboxylic acids is 1. The van der Waals surface area contributed by atoms with Gasteiger partial charge in [0.25, 0.3) is 0 Å². The molecular formula is C23H41NO2. The molecule has 1 rings (SSSR count). The van der Waals surface area contributed by atoms with Gasteiger partial charge in [0.1, 0.15) is 0 Å². The lowest BCUT2D eigenvalue weighted by atomic mass is 10.1. The van der Waals surface area contributed by atoms with Crippen LogP contribution >= 0.6 is 0 Å². The molecule has 0 radical (unpaired) electrons. The maximum absolute atomic E-state index is 10.1. The van der Waals surface area contributed by atoms with Gasteiger partial charge in [-0.25, -0.2) is 0 Å². The molecule has 1 aromatic carbocycles. The number of carboxylic acids is 1. The monoisotopic (exact) mass is 363 g/mol. The van der Waals surface area contributed by atoms with Crippen LogP contribution < -0.4 is 5.11 Å². The van der Waals surface area contributed by atoms with Crippen LogP contribution in [0, 0.1) is 0 Å². The number of quaternary nitrogens is 1. The summed E-state index contributed by atoms with van der Waals surface area (Å²) in [5, 5.41) is 10.1. The molecule has 0 heterocycles. The number of hydrogen-bond acceptors (Lipinski definition) is 2. The fraction of sp³-hybridized carbons (Fsp3) is 0.696. The van der Waals surface area contributed by atoms with Crippen molar-refractivity contribution >= 4 is 5.97 Å². The van der Waals surface area contributed by atoms with E-state index in [2.05, 4.69) is 27.7 Å². The van der Waals surface area contributed by atoms with Gasteiger partial charge in [-0.1, -0.05) is 83.7 Å². The Labute approximate surface area is 162 Å². The third kappa shape index (κ3) is 11.3. The van der Waals surface area contributed by atoms with Gasteiger partial charge in [-0.15, -0.1) is 0 Å². The van der Waals surface area contributed by atoms with Crippen LogP contribution in [0.5, 0.6) is 0 Å². The molecule has 0 aliphatic rings. The van der Waals surface area contributed by atoms with Crippen molar-refractivity contribution in [3.63, 3.8) is 0 Å². The predicted molar refractivity (Wildman–Crippen MR) is 110 cm³/mol. The van der Waals surface area contributed by atoms with Crippen molar-refractivity contribution in [3.05, 3.63) is 35.9 Å². The van der Waals surface area contributed by atoms with Gasteiger partial charge in [-0.2, -0.15) is 0 Å². The van der Waals surface area contributed by atoms with E-state index in [0.717, 1.165) is 0 Å². The maximum Gasteiger partial charge on any atom is 0.0786 e. The van der Waals surface area contributed by atoms with Crippen LogP contribution in [0.15, 0.2) is 30.3 Å². The fourth-order valence-corrected chi connectivity index (χ4v) is 3.22. The van der Waals surface area contributed by atoms with E-state index in [-0.39, 0.29) is 5.56 Å². The number of carboxylic acid groups (broad SMARTS) is 1. The molecular weight excluding hydrogens is 322 g/mol. The minimum Gasteiger partial charge on any atom is -0.545 e. The van der Waals surface area contributed by atoms with Crippen molar-refractivity contribution in [3.8, 4) is 0 Å². The van der Waals surface area contributed by atoms with E-state index in [1.165, 1.54) is 94.2 Å². The van der Waals surface area contributed by atoms with Crippen LogP contribution in [0.25, 0.3) is 0 Å². The Balaban J connectivity index is 0.000000577. The van der Waals surface area contributed by atoms with Crippen molar-refractivity contribution in [1.82, 2.24) is 0 Å². The average molecular weight is 364 g/mol. The molecule has 0 bridgehead atoms. The van der Waals surface area contributed by atoms with Gasteiger partial charge in [0.05, 0.1) is 32.1 Å². The molecule has 3 heteroatoms. The van der Waals surface area contributed by atoms with Gasteiger partial charge in [-0.05, 0) is 31.2 Å². The van der Waals surface area contributed by atoms with Gasteiger partial charge < -0.3 is 14.4 Å². The van der Waals surface area contributed by atoms with Crippen LogP contribution in [0.1, 0.15) is 89.4 Å². The number of hydrogen-bond donors (Lipinski definition) is 0. The quantitative estimate of drug-likeness (QED) is 0.460. The van der Waals surface area contributed by atoms with E-state index in [1.807, 2.05) is 0 Å². The third-order valence-electron chi connectivity index (χ3n) is 4.95. The number of nitrogens with zero attached hydrogens (tertiary/aromatic N) is 1. The van der Waals surface area contributed by atoms with E-state index < -0.39 is 5.97 Å². The summed E-state index contributed by atoms with van der Waals surface area (Å²) in [5.74, 6) is -1.13. The molecule has 3 nitrogen and oxygen atoms in total. The largest absolute Gasteiger partial charge is 0.545 e. The summed E-state index contributed by atoms with van der Waals surface area (Å²) in [6.07, 6.45) is 11.1. The Hall–Kier alpha value is -1.35. The Morgan fingerprint density at radius 1 is 0.731 bits per heavy atom. The molecule has 0 aromatic heterocycles. The third-order valence-corrected chi connectivity index (χ3v) is 4.95. The second-order valence-electron chi connectivity index (χ2n) is 7.30. The van der Waals surface area contributed by atoms with Crippen LogP contribution in [0.2, 0.25) is 0 Å². The lowest BCUT2D eigenvalue weighted by Gasteiger charge is -2.39. The topological polar surface area (TPSA) is 40.1 Å². The highest BCUT2D eigenvalue weighted by Crippen LogP contribution is 2.16. The first-order chi connectivity index (χ1) is 12.5. The fourth-order valence-electron chi connectivity index (χ4n) is 3.22. The molecule has 150 valence electrons. The SMILES string of the molecule is CCCC[N+](CCCC)(CCCC)CCCC.O=C([O-])c1ccccc1. The summed E-state index contributed by atoms with van der Waals surface area (Å²) >= 11 is 0. The van der Waals surface area contributed by atoms with Crippen LogP contribution in [0.3, 0.4) is 0 Å². The molecule has 0 N–H and O–H groups in total. The van der Waals surface area contributed by atoms with Crippen LogP contribution in [0.4, 0.5) is 0 Å². The molecule has 0 fully saturated rings. The van der Waals surface area contributed by atoms with Gasteiger partial charge in [0.15, 0.2) is 0 Å². The van der Waals surface area contributed by atoms with Gasteiger partial charge in [-0.3, -0.25) is 0 Å². The van der Waals surface area contributed by atoms with Crippen molar-refractivity contribution in [2.75, 3.05) is 26.2 Å². The standard InChI is InChI=1S/C16H36N.C7H6O2/c1-5-9-13-17(14-10-6-2,15-11-7-3)16-12-8-4;8-7(9)6-4-2-1-3-5-6/h5-16H2,1-4H3;1-5H,(H,8,9)/q+1;/p-1. The number of carbonyl (C=O) groups is 1. The average Bonchev–Trinajstić information content (AvgIpc) is 2.68. The zero-order valence-corrected chi connectivity index (χ0v) is 17.6. The minimum atomic E-state index is -1.13. The zero-order valence-electron chi connectivity index (χ0n) is 17.6. The molecule has 1 aromatic rings. The molecule has 0 amide bonds. The molecule has 0 saturated carbocycles. The summed E-state index contributed by atoms with van der Waals surface area (Å²) in [6, 6.07) is 8.06. The lowest BCUT2D eigenvalue weighted by Crippen LogP contribution is -2.50. The highest BCUT2D eigenvalue weighted by atomic mass is 16.4. The summed E-state index contributed by atoms with van der Waals surface area (Å²) in [7, 11) is 0. The Morgan fingerprint density at radius 3 is 1.31 bits per heavy atom. The van der Waals surface area contributed by atoms with Crippen molar-refractivity contribution in [2.45, 2.75) is 79.1 Å². The highest BCUT2D eigenvalue weighted by Gasteiger charge is 2.24. The molecule has 26 heavy (non-hydrogen) atoms. The van der Waals surface area contributed by atoms with E-state index in [9.17, 15) is 9.90 Å². The second-order valence-corrected chi connectivity index (χ2v) is 7.30. The van der Waals surface area contributed by atoms with Crippen LogP contribution in [-0.2, 0) is 0 Å². The lowest BCUT2D eigenvalue weighted by molar-refractivity contribution is -0.929. The van der Waals surface area contributed by atoms with Gasteiger partial charge in [0.2, 0.25) is 0 Å². The summed E-state index contributed by atoms with van der Waals surface area (Å²) in [4.78, 5) is 10.1. The normalized spacial score (nSPS) is 10.9. The highest BCUT2D eigenvalue weighted by molar-refractivity contribution is 5.85. The van der Waals surface area contributed by atoms with E-state index in [4.69, 9.17) is 0 Å². The number of unbranched alkanes of at least 4 members (excludes halogenated alkanes) is 4. The van der Waals surface area contributed by atoms with Crippen LogP contribution in [-0.4, -0.2) is 36.6 Å². The van der Waals surface area contributed by atoms with E-state index in [0.29, 0.717) is 0 Å². The number of aromatic carboxylic acids is 1. The first kappa shape index (κ1) is 24.7. The van der Waals surface area contributed by atoms with E-state index in [1.54, 1.807) is 18.2 Å². The molecule has 0 atom stereocenters. The van der Waals surface area contributed by atoms with Gasteiger partial charge >= 0.3 is 0 Å². The van der Waals surface area contributed by atoms with E-state index >= 15 is 0 Å². The van der Waals surface area contributed by atoms with Crippen molar-refractivity contribution in [1.29, 1.82) is 0 Å². The Kier molecular flexibility index (Phi) is 15.0. The Bertz CT molecular complexity index is 407. The zero-order chi connectivity index (χ0) is 19.7. The summed E-state index contributed by atoms with van der Waals surface area (Å²) in [6.45, 7) is 15.0. The summed E-state index contributed by atoms with van der Waals surface area (Å²) < 4.78 is 1.42.